The van der Waals surface area contributed by atoms with E-state index in [2.05, 4.69) is 4.98 Å². The average molecular weight is 363 g/mol. The van der Waals surface area contributed by atoms with Crippen molar-refractivity contribution in [1.82, 2.24) is 9.88 Å². The van der Waals surface area contributed by atoms with Gasteiger partial charge in [-0.15, -0.1) is 11.3 Å². The van der Waals surface area contributed by atoms with Crippen LogP contribution in [0.25, 0.3) is 0 Å². The predicted octanol–water partition coefficient (Wildman–Crippen LogP) is 2.12. The number of likely N-dealkylation sites (tertiary alicyclic amines) is 1. The summed E-state index contributed by atoms with van der Waals surface area (Å²) in [6.07, 6.45) is 0.705. The molecule has 3 rings (SSSR count). The largest absolute Gasteiger partial charge is 0.481 e. The number of carboxylic acids is 1. The molecule has 1 saturated heterocycles. The van der Waals surface area contributed by atoms with Gasteiger partial charge in [0.05, 0.1) is 11.6 Å². The molecule has 132 valence electrons. The van der Waals surface area contributed by atoms with E-state index >= 15 is 0 Å². The minimum atomic E-state index is -0.975. The average Bonchev–Trinajstić information content (AvgIpc) is 3.19. The van der Waals surface area contributed by atoms with Crippen LogP contribution in [-0.4, -0.2) is 40.0 Å². The second kappa shape index (κ2) is 7.18. The summed E-state index contributed by atoms with van der Waals surface area (Å²) in [5, 5.41) is 11.7. The maximum atomic E-state index is 13.5. The number of carbonyl (C=O) groups excluding carboxylic acids is 1. The number of carbonyl (C=O) groups is 2. The highest BCUT2D eigenvalue weighted by Crippen LogP contribution is 2.33. The second-order valence-electron chi connectivity index (χ2n) is 6.08. The molecule has 3 N–H and O–H groups in total. The number of halogens is 1. The number of aryl methyl sites for hydroxylation is 1. The summed E-state index contributed by atoms with van der Waals surface area (Å²) in [6, 6.07) is 5.92. The highest BCUT2D eigenvalue weighted by atomic mass is 32.1. The van der Waals surface area contributed by atoms with Crippen molar-refractivity contribution in [1.29, 1.82) is 0 Å². The van der Waals surface area contributed by atoms with Gasteiger partial charge in [0, 0.05) is 30.8 Å². The number of hydrogen-bond acceptors (Lipinski definition) is 5. The first-order valence-electron chi connectivity index (χ1n) is 7.90. The van der Waals surface area contributed by atoms with Crippen molar-refractivity contribution in [2.24, 2.45) is 5.92 Å². The number of nitrogens with two attached hydrogens (primary N) is 1. The molecule has 0 spiro atoms. The van der Waals surface area contributed by atoms with Crippen molar-refractivity contribution in [3.63, 3.8) is 0 Å². The minimum Gasteiger partial charge on any atom is -0.481 e. The highest BCUT2D eigenvalue weighted by molar-refractivity contribution is 7.13. The zero-order chi connectivity index (χ0) is 18.0. The molecule has 0 aliphatic carbocycles. The third-order valence-corrected chi connectivity index (χ3v) is 5.15. The lowest BCUT2D eigenvalue weighted by Gasteiger charge is -2.16. The van der Waals surface area contributed by atoms with Gasteiger partial charge in [0.1, 0.15) is 5.82 Å². The van der Waals surface area contributed by atoms with Gasteiger partial charge in [0.15, 0.2) is 5.13 Å². The number of benzene rings is 1. The number of amides is 1. The Labute approximate surface area is 148 Å². The number of carboxylic acid groups (broad SMARTS) is 1. The molecule has 1 fully saturated rings. The van der Waals surface area contributed by atoms with E-state index in [0.717, 1.165) is 5.69 Å². The van der Waals surface area contributed by atoms with Gasteiger partial charge in [-0.25, -0.2) is 9.37 Å². The standard InChI is InChI=1S/C17H18FN3O3S/c18-11-3-1-2-10(6-11)13-7-21(8-14(13)16(23)24)15(22)5-4-12-9-25-17(19)20-12/h1-3,6,9,13-14H,4-5,7-8H2,(H2,19,20)(H,23,24)/t13-,14+/m1/s1. The number of nitrogen functional groups attached to an aromatic ring is 1. The van der Waals surface area contributed by atoms with Gasteiger partial charge in [-0.2, -0.15) is 0 Å². The molecule has 2 atom stereocenters. The van der Waals surface area contributed by atoms with Gasteiger partial charge < -0.3 is 15.7 Å². The van der Waals surface area contributed by atoms with Crippen LogP contribution in [0.15, 0.2) is 29.6 Å². The second-order valence-corrected chi connectivity index (χ2v) is 6.97. The Morgan fingerprint density at radius 3 is 2.84 bits per heavy atom. The lowest BCUT2D eigenvalue weighted by atomic mass is 9.89. The van der Waals surface area contributed by atoms with Crippen LogP contribution in [-0.2, 0) is 16.0 Å². The van der Waals surface area contributed by atoms with Crippen LogP contribution in [0.1, 0.15) is 23.6 Å². The van der Waals surface area contributed by atoms with Crippen molar-refractivity contribution >= 4 is 28.3 Å². The van der Waals surface area contributed by atoms with Crippen molar-refractivity contribution in [3.8, 4) is 0 Å². The quantitative estimate of drug-likeness (QED) is 0.848. The molecule has 1 aromatic heterocycles. The van der Waals surface area contributed by atoms with E-state index in [1.165, 1.54) is 23.5 Å². The summed E-state index contributed by atoms with van der Waals surface area (Å²) in [4.78, 5) is 29.7. The number of nitrogens with zero attached hydrogens (tertiary/aromatic N) is 2. The molecule has 25 heavy (non-hydrogen) atoms. The Balaban J connectivity index is 1.68. The summed E-state index contributed by atoms with van der Waals surface area (Å²) in [5.41, 5.74) is 6.93. The van der Waals surface area contributed by atoms with Crippen LogP contribution in [0.2, 0.25) is 0 Å². The van der Waals surface area contributed by atoms with Crippen LogP contribution < -0.4 is 5.73 Å². The highest BCUT2D eigenvalue weighted by Gasteiger charge is 2.40. The summed E-state index contributed by atoms with van der Waals surface area (Å²) in [5.74, 6) is -2.66. The minimum absolute atomic E-state index is 0.128. The lowest BCUT2D eigenvalue weighted by molar-refractivity contribution is -0.141. The van der Waals surface area contributed by atoms with Gasteiger partial charge in [-0.05, 0) is 24.1 Å². The monoisotopic (exact) mass is 363 g/mol. The Morgan fingerprint density at radius 2 is 2.20 bits per heavy atom. The van der Waals surface area contributed by atoms with Gasteiger partial charge in [0.2, 0.25) is 5.91 Å². The maximum absolute atomic E-state index is 13.5. The number of aromatic nitrogens is 1. The third-order valence-electron chi connectivity index (χ3n) is 4.43. The SMILES string of the molecule is Nc1nc(CCC(=O)N2C[C@H](C(=O)O)[C@@H](c3cccc(F)c3)C2)cs1. The van der Waals surface area contributed by atoms with Crippen LogP contribution in [0.4, 0.5) is 9.52 Å². The summed E-state index contributed by atoms with van der Waals surface area (Å²) >= 11 is 1.32. The number of thiazole rings is 1. The first-order valence-corrected chi connectivity index (χ1v) is 8.78. The van der Waals surface area contributed by atoms with Crippen molar-refractivity contribution in [2.75, 3.05) is 18.8 Å². The first-order chi connectivity index (χ1) is 11.9. The van der Waals surface area contributed by atoms with Crippen LogP contribution in [0, 0.1) is 11.7 Å². The van der Waals surface area contributed by atoms with Crippen LogP contribution in [0.3, 0.4) is 0 Å². The Hall–Kier alpha value is -2.48. The molecule has 0 radical (unpaired) electrons. The van der Waals surface area contributed by atoms with Crippen LogP contribution in [0.5, 0.6) is 0 Å². The molecule has 1 amide bonds. The maximum Gasteiger partial charge on any atom is 0.308 e. The first kappa shape index (κ1) is 17.3. The summed E-state index contributed by atoms with van der Waals surface area (Å²) in [6.45, 7) is 0.410. The van der Waals surface area contributed by atoms with Crippen molar-refractivity contribution < 1.29 is 19.1 Å². The fourth-order valence-electron chi connectivity index (χ4n) is 3.16. The number of hydrogen-bond donors (Lipinski definition) is 2. The molecule has 6 nitrogen and oxygen atoms in total. The van der Waals surface area contributed by atoms with E-state index in [9.17, 15) is 19.1 Å². The number of aliphatic carboxylic acids is 1. The van der Waals surface area contributed by atoms with Gasteiger partial charge in [-0.1, -0.05) is 12.1 Å². The molecule has 1 aromatic carbocycles. The van der Waals surface area contributed by atoms with E-state index < -0.39 is 23.6 Å². The molecular formula is C17H18FN3O3S. The molecule has 0 saturated carbocycles. The Morgan fingerprint density at radius 1 is 1.40 bits per heavy atom. The molecule has 0 bridgehead atoms. The van der Waals surface area contributed by atoms with E-state index in [0.29, 0.717) is 17.1 Å². The van der Waals surface area contributed by atoms with Crippen molar-refractivity contribution in [3.05, 3.63) is 46.7 Å². The Kier molecular flexibility index (Phi) is 4.98. The fraction of sp³-hybridized carbons (Fsp3) is 0.353. The predicted molar refractivity (Wildman–Crippen MR) is 91.7 cm³/mol. The molecular weight excluding hydrogens is 345 g/mol. The molecule has 8 heteroatoms. The smallest absolute Gasteiger partial charge is 0.308 e. The summed E-state index contributed by atoms with van der Waals surface area (Å²) < 4.78 is 13.5. The fourth-order valence-corrected chi connectivity index (χ4v) is 3.76. The third kappa shape index (κ3) is 3.96. The van der Waals surface area contributed by atoms with Crippen molar-refractivity contribution in [2.45, 2.75) is 18.8 Å². The van der Waals surface area contributed by atoms with E-state index in [1.54, 1.807) is 17.0 Å². The van der Waals surface area contributed by atoms with E-state index in [1.807, 2.05) is 5.38 Å². The zero-order valence-electron chi connectivity index (χ0n) is 13.4. The zero-order valence-corrected chi connectivity index (χ0v) is 14.2. The number of anilines is 1. The van der Waals surface area contributed by atoms with Crippen LogP contribution >= 0.6 is 11.3 Å². The van der Waals surface area contributed by atoms with Gasteiger partial charge >= 0.3 is 5.97 Å². The summed E-state index contributed by atoms with van der Waals surface area (Å²) in [7, 11) is 0. The topological polar surface area (TPSA) is 96.5 Å². The number of rotatable bonds is 5. The molecule has 2 aromatic rings. The molecule has 0 unspecified atom stereocenters. The normalized spacial score (nSPS) is 20.0. The van der Waals surface area contributed by atoms with E-state index in [-0.39, 0.29) is 25.4 Å². The molecule has 2 heterocycles. The van der Waals surface area contributed by atoms with Gasteiger partial charge in [-0.3, -0.25) is 9.59 Å². The lowest BCUT2D eigenvalue weighted by Crippen LogP contribution is -2.30. The molecule has 1 aliphatic heterocycles. The molecule has 1 aliphatic rings. The van der Waals surface area contributed by atoms with Gasteiger partial charge in [0.25, 0.3) is 0 Å². The van der Waals surface area contributed by atoms with E-state index in [4.69, 9.17) is 5.73 Å². The Bertz CT molecular complexity index is 795.